The molecule has 1 saturated heterocycles. The molecule has 2 aromatic rings. The van der Waals surface area contributed by atoms with Crippen molar-refractivity contribution in [1.82, 2.24) is 10.3 Å². The quantitative estimate of drug-likeness (QED) is 0.835. The van der Waals surface area contributed by atoms with E-state index in [2.05, 4.69) is 15.6 Å². The third-order valence-corrected chi connectivity index (χ3v) is 4.79. The van der Waals surface area contributed by atoms with E-state index in [0.29, 0.717) is 18.1 Å². The maximum absolute atomic E-state index is 12.5. The van der Waals surface area contributed by atoms with Crippen molar-refractivity contribution < 1.29 is 18.0 Å². The smallest absolute Gasteiger partial charge is 0.316 e. The first-order chi connectivity index (χ1) is 11.4. The van der Waals surface area contributed by atoms with Gasteiger partial charge in [-0.05, 0) is 30.7 Å². The second-order valence-electron chi connectivity index (χ2n) is 5.68. The fraction of sp³-hybridized carbons (Fsp3) is 0.375. The number of nitrogens with one attached hydrogen (secondary N) is 2. The van der Waals surface area contributed by atoms with E-state index in [4.69, 9.17) is 0 Å². The van der Waals surface area contributed by atoms with Crippen molar-refractivity contribution in [3.8, 4) is 0 Å². The van der Waals surface area contributed by atoms with Crippen molar-refractivity contribution in [2.45, 2.75) is 19.0 Å². The minimum atomic E-state index is -4.32. The van der Waals surface area contributed by atoms with E-state index in [1.165, 1.54) is 23.5 Å². The predicted octanol–water partition coefficient (Wildman–Crippen LogP) is 3.72. The lowest BCUT2D eigenvalue weighted by molar-refractivity contribution is -0.137. The number of amides is 1. The summed E-state index contributed by atoms with van der Waals surface area (Å²) in [7, 11) is 0. The summed E-state index contributed by atoms with van der Waals surface area (Å²) in [5, 5.41) is 6.45. The van der Waals surface area contributed by atoms with Crippen molar-refractivity contribution in [2.75, 3.05) is 18.4 Å². The number of halogens is 4. The zero-order valence-corrected chi connectivity index (χ0v) is 14.7. The molecule has 1 unspecified atom stereocenters. The van der Waals surface area contributed by atoms with Gasteiger partial charge in [0.15, 0.2) is 5.13 Å². The highest BCUT2D eigenvalue weighted by Gasteiger charge is 2.30. The molecule has 1 atom stereocenters. The van der Waals surface area contributed by atoms with E-state index in [0.717, 1.165) is 35.5 Å². The summed E-state index contributed by atoms with van der Waals surface area (Å²) in [5.41, 5.74) is 0.109. The Morgan fingerprint density at radius 2 is 2.04 bits per heavy atom. The van der Waals surface area contributed by atoms with Crippen molar-refractivity contribution in [2.24, 2.45) is 5.92 Å². The van der Waals surface area contributed by atoms with Crippen LogP contribution in [0.2, 0.25) is 0 Å². The Balaban J connectivity index is 0.00000225. The maximum Gasteiger partial charge on any atom is 0.416 e. The predicted molar refractivity (Wildman–Crippen MR) is 93.2 cm³/mol. The number of rotatable bonds is 4. The van der Waals surface area contributed by atoms with Gasteiger partial charge in [0.2, 0.25) is 5.91 Å². The van der Waals surface area contributed by atoms with Crippen LogP contribution in [-0.2, 0) is 17.4 Å². The normalized spacial score (nSPS) is 17.2. The molecule has 0 spiro atoms. The number of carbonyl (C=O) groups excluding carboxylic acids is 1. The molecule has 0 aliphatic carbocycles. The number of nitrogens with zero attached hydrogens (tertiary/aromatic N) is 1. The first-order valence-electron chi connectivity index (χ1n) is 7.54. The number of aromatic nitrogens is 1. The van der Waals surface area contributed by atoms with Crippen LogP contribution < -0.4 is 10.6 Å². The van der Waals surface area contributed by atoms with E-state index in [-0.39, 0.29) is 24.2 Å². The molecule has 0 radical (unpaired) electrons. The van der Waals surface area contributed by atoms with Gasteiger partial charge in [0.05, 0.1) is 11.5 Å². The SMILES string of the molecule is Cl.O=C(Nc1ncc(Cc2ccc(C(F)(F)F)cc2)s1)C1CCNC1. The highest BCUT2D eigenvalue weighted by Crippen LogP contribution is 2.30. The Morgan fingerprint density at radius 3 is 2.64 bits per heavy atom. The first-order valence-corrected chi connectivity index (χ1v) is 8.36. The van der Waals surface area contributed by atoms with Crippen LogP contribution in [-0.4, -0.2) is 24.0 Å². The fourth-order valence-corrected chi connectivity index (χ4v) is 3.40. The molecule has 1 aliphatic heterocycles. The minimum Gasteiger partial charge on any atom is -0.316 e. The number of hydrogen-bond acceptors (Lipinski definition) is 4. The third-order valence-electron chi connectivity index (χ3n) is 3.87. The standard InChI is InChI=1S/C16H16F3N3OS.ClH/c17-16(18,19)12-3-1-10(2-4-12)7-13-9-21-15(24-13)22-14(23)11-5-6-20-8-11;/h1-4,9,11,20H,5-8H2,(H,21,22,23);1H. The summed E-state index contributed by atoms with van der Waals surface area (Å²) in [5.74, 6) is -0.0808. The molecule has 4 nitrogen and oxygen atoms in total. The number of thiazole rings is 1. The third kappa shape index (κ3) is 5.17. The number of anilines is 1. The molecule has 1 fully saturated rings. The second-order valence-corrected chi connectivity index (χ2v) is 6.80. The van der Waals surface area contributed by atoms with Crippen LogP contribution in [0.15, 0.2) is 30.5 Å². The topological polar surface area (TPSA) is 54.0 Å². The largest absolute Gasteiger partial charge is 0.416 e. The van der Waals surface area contributed by atoms with Crippen molar-refractivity contribution >= 4 is 34.8 Å². The summed E-state index contributed by atoms with van der Waals surface area (Å²) in [6, 6.07) is 5.08. The Labute approximate surface area is 153 Å². The van der Waals surface area contributed by atoms with Gasteiger partial charge in [0, 0.05) is 24.0 Å². The molecule has 25 heavy (non-hydrogen) atoms. The molecule has 3 rings (SSSR count). The van der Waals surface area contributed by atoms with Crippen molar-refractivity contribution in [3.63, 3.8) is 0 Å². The van der Waals surface area contributed by atoms with Crippen LogP contribution in [0.1, 0.15) is 22.4 Å². The summed E-state index contributed by atoms with van der Waals surface area (Å²) < 4.78 is 37.6. The van der Waals surface area contributed by atoms with Gasteiger partial charge in [-0.25, -0.2) is 4.98 Å². The van der Waals surface area contributed by atoms with Gasteiger partial charge >= 0.3 is 6.18 Å². The molecule has 1 aliphatic rings. The highest BCUT2D eigenvalue weighted by molar-refractivity contribution is 7.15. The molecular formula is C16H17ClF3N3OS. The summed E-state index contributed by atoms with van der Waals surface area (Å²) in [6.45, 7) is 1.52. The molecule has 136 valence electrons. The average molecular weight is 392 g/mol. The summed E-state index contributed by atoms with van der Waals surface area (Å²) in [4.78, 5) is 17.1. The summed E-state index contributed by atoms with van der Waals surface area (Å²) in [6.07, 6.45) is -1.38. The van der Waals surface area contributed by atoms with E-state index in [1.807, 2.05) is 0 Å². The molecule has 2 N–H and O–H groups in total. The van der Waals surface area contributed by atoms with Gasteiger partial charge in [-0.3, -0.25) is 4.79 Å². The second kappa shape index (κ2) is 8.16. The average Bonchev–Trinajstić information content (AvgIpc) is 3.19. The molecule has 0 bridgehead atoms. The number of alkyl halides is 3. The number of hydrogen-bond donors (Lipinski definition) is 2. The number of benzene rings is 1. The van der Waals surface area contributed by atoms with Gasteiger partial charge in [0.1, 0.15) is 0 Å². The fourth-order valence-electron chi connectivity index (χ4n) is 2.55. The Bertz CT molecular complexity index is 712. The zero-order chi connectivity index (χ0) is 17.2. The van der Waals surface area contributed by atoms with E-state index in [9.17, 15) is 18.0 Å². The zero-order valence-electron chi connectivity index (χ0n) is 13.1. The molecular weight excluding hydrogens is 375 g/mol. The van der Waals surface area contributed by atoms with Crippen LogP contribution in [0.4, 0.5) is 18.3 Å². The minimum absolute atomic E-state index is 0. The van der Waals surface area contributed by atoms with Crippen LogP contribution >= 0.6 is 23.7 Å². The maximum atomic E-state index is 12.5. The molecule has 1 aromatic heterocycles. The lowest BCUT2D eigenvalue weighted by Crippen LogP contribution is -2.24. The van der Waals surface area contributed by atoms with Crippen LogP contribution in [0, 0.1) is 5.92 Å². The van der Waals surface area contributed by atoms with Crippen molar-refractivity contribution in [1.29, 1.82) is 0 Å². The van der Waals surface area contributed by atoms with Gasteiger partial charge in [-0.1, -0.05) is 12.1 Å². The number of carbonyl (C=O) groups is 1. The molecule has 1 aromatic carbocycles. The van der Waals surface area contributed by atoms with Gasteiger partial charge < -0.3 is 10.6 Å². The monoisotopic (exact) mass is 391 g/mol. The Hall–Kier alpha value is -1.64. The lowest BCUT2D eigenvalue weighted by Gasteiger charge is -2.07. The Morgan fingerprint density at radius 1 is 1.32 bits per heavy atom. The van der Waals surface area contributed by atoms with Crippen LogP contribution in [0.25, 0.3) is 0 Å². The molecule has 9 heteroatoms. The Kier molecular flexibility index (Phi) is 6.42. The molecule has 1 amide bonds. The highest BCUT2D eigenvalue weighted by atomic mass is 35.5. The molecule has 0 saturated carbocycles. The van der Waals surface area contributed by atoms with Crippen molar-refractivity contribution in [3.05, 3.63) is 46.5 Å². The van der Waals surface area contributed by atoms with Gasteiger partial charge in [-0.2, -0.15) is 13.2 Å². The van der Waals surface area contributed by atoms with Gasteiger partial charge in [-0.15, -0.1) is 23.7 Å². The van der Waals surface area contributed by atoms with Crippen LogP contribution in [0.5, 0.6) is 0 Å². The first kappa shape index (κ1) is 19.7. The lowest BCUT2D eigenvalue weighted by atomic mass is 10.1. The summed E-state index contributed by atoms with van der Waals surface area (Å²) >= 11 is 1.34. The van der Waals surface area contributed by atoms with E-state index in [1.54, 1.807) is 6.20 Å². The van der Waals surface area contributed by atoms with Gasteiger partial charge in [0.25, 0.3) is 0 Å². The van der Waals surface area contributed by atoms with E-state index < -0.39 is 11.7 Å². The van der Waals surface area contributed by atoms with Crippen LogP contribution in [0.3, 0.4) is 0 Å². The molecule has 2 heterocycles. The van der Waals surface area contributed by atoms with E-state index >= 15 is 0 Å².